The highest BCUT2D eigenvalue weighted by Crippen LogP contribution is 2.25. The highest BCUT2D eigenvalue weighted by molar-refractivity contribution is 5.96. The van der Waals surface area contributed by atoms with E-state index in [9.17, 15) is 9.59 Å². The van der Waals surface area contributed by atoms with Crippen LogP contribution in [0.2, 0.25) is 0 Å². The number of carbonyl (C=O) groups is 2. The largest absolute Gasteiger partial charge is 0.462 e. The lowest BCUT2D eigenvalue weighted by atomic mass is 9.93. The molecule has 2 saturated heterocycles. The van der Waals surface area contributed by atoms with Crippen LogP contribution < -0.4 is 11.1 Å². The molecule has 182 valence electrons. The number of halogens is 1. The van der Waals surface area contributed by atoms with Gasteiger partial charge in [-0.25, -0.2) is 0 Å². The number of amides is 1. The summed E-state index contributed by atoms with van der Waals surface area (Å²) in [5.41, 5.74) is 8.89. The first-order valence-electron chi connectivity index (χ1n) is 11.7. The Kier molecular flexibility index (Phi) is 9.07. The summed E-state index contributed by atoms with van der Waals surface area (Å²) in [5.74, 6) is 0.261. The summed E-state index contributed by atoms with van der Waals surface area (Å²) in [5, 5.41) is 10.8. The molecule has 0 saturated carbocycles. The molecular weight excluding hydrogens is 452 g/mol. The zero-order valence-corrected chi connectivity index (χ0v) is 20.1. The van der Waals surface area contributed by atoms with Crippen LogP contribution in [0.4, 0.5) is 0 Å². The van der Waals surface area contributed by atoms with Crippen molar-refractivity contribution in [2.24, 2.45) is 11.7 Å². The van der Waals surface area contributed by atoms with E-state index in [0.717, 1.165) is 49.9 Å². The number of nitrogens with two attached hydrogens (primary N) is 1. The number of nitrogens with one attached hydrogen (secondary N) is 2. The van der Waals surface area contributed by atoms with Crippen LogP contribution in [-0.2, 0) is 9.53 Å². The highest BCUT2D eigenvalue weighted by atomic mass is 35.5. The van der Waals surface area contributed by atoms with Crippen LogP contribution in [0.5, 0.6) is 0 Å². The van der Waals surface area contributed by atoms with E-state index in [0.29, 0.717) is 30.6 Å². The first-order chi connectivity index (χ1) is 16.0. The van der Waals surface area contributed by atoms with Gasteiger partial charge in [0, 0.05) is 30.6 Å². The molecular formula is C26H33ClN4O3. The van der Waals surface area contributed by atoms with Gasteiger partial charge in [-0.1, -0.05) is 36.4 Å². The van der Waals surface area contributed by atoms with Crippen LogP contribution in [0.1, 0.15) is 48.0 Å². The smallest absolute Gasteiger partial charge is 0.306 e. The average Bonchev–Trinajstić information content (AvgIpc) is 2.85. The normalized spacial score (nSPS) is 17.0. The number of amidine groups is 1. The fourth-order valence-corrected chi connectivity index (χ4v) is 4.55. The van der Waals surface area contributed by atoms with Crippen molar-refractivity contribution in [1.29, 1.82) is 5.41 Å². The summed E-state index contributed by atoms with van der Waals surface area (Å²) in [6, 6.07) is 15.1. The summed E-state index contributed by atoms with van der Waals surface area (Å²) in [4.78, 5) is 27.1. The minimum absolute atomic E-state index is 0. The van der Waals surface area contributed by atoms with Crippen molar-refractivity contribution < 1.29 is 14.3 Å². The third-order valence-corrected chi connectivity index (χ3v) is 6.60. The number of piperidine rings is 2. The molecule has 0 bridgehead atoms. The number of likely N-dealkylation sites (tertiary alicyclic amines) is 1. The SMILES string of the molecule is Cl.N=C(N)c1ccc(-c2ccc(C(=O)N3CCC(CC(=O)OC4CCNCC4)CC3)cc2)cc1. The summed E-state index contributed by atoms with van der Waals surface area (Å²) in [6.07, 6.45) is 3.93. The van der Waals surface area contributed by atoms with Crippen molar-refractivity contribution in [2.75, 3.05) is 26.2 Å². The zero-order valence-electron chi connectivity index (χ0n) is 19.3. The number of nitrogen functional groups attached to an aromatic ring is 1. The Morgan fingerprint density at radius 3 is 1.97 bits per heavy atom. The molecule has 0 spiro atoms. The van der Waals surface area contributed by atoms with E-state index in [-0.39, 0.29) is 42.1 Å². The van der Waals surface area contributed by atoms with Crippen LogP contribution in [0, 0.1) is 11.3 Å². The fourth-order valence-electron chi connectivity index (χ4n) is 4.55. The maximum absolute atomic E-state index is 12.9. The van der Waals surface area contributed by atoms with Gasteiger partial charge in [-0.05, 0) is 68.0 Å². The second kappa shape index (κ2) is 12.0. The van der Waals surface area contributed by atoms with Gasteiger partial charge in [-0.3, -0.25) is 15.0 Å². The van der Waals surface area contributed by atoms with E-state index in [2.05, 4.69) is 5.32 Å². The van der Waals surface area contributed by atoms with E-state index in [4.69, 9.17) is 15.9 Å². The standard InChI is InChI=1S/C26H32N4O3.ClH/c27-25(28)21-5-1-19(2-6-21)20-3-7-22(8-4-20)26(32)30-15-11-18(12-16-30)17-24(31)33-23-9-13-29-14-10-23;/h1-8,18,23,29H,9-17H2,(H3,27,28);1H. The molecule has 0 aromatic heterocycles. The van der Waals surface area contributed by atoms with Crippen LogP contribution in [0.3, 0.4) is 0 Å². The van der Waals surface area contributed by atoms with E-state index in [1.54, 1.807) is 0 Å². The molecule has 2 aliphatic heterocycles. The number of carbonyl (C=O) groups excluding carboxylic acids is 2. The van der Waals surface area contributed by atoms with Crippen molar-refractivity contribution in [3.05, 3.63) is 59.7 Å². The number of benzene rings is 2. The minimum atomic E-state index is -0.0985. The maximum atomic E-state index is 12.9. The van der Waals surface area contributed by atoms with Crippen LogP contribution in [-0.4, -0.2) is 54.9 Å². The van der Waals surface area contributed by atoms with Gasteiger partial charge >= 0.3 is 5.97 Å². The summed E-state index contributed by atoms with van der Waals surface area (Å²) < 4.78 is 5.63. The molecule has 2 aromatic carbocycles. The van der Waals surface area contributed by atoms with Crippen LogP contribution >= 0.6 is 12.4 Å². The summed E-state index contributed by atoms with van der Waals surface area (Å²) >= 11 is 0. The molecule has 1 amide bonds. The van der Waals surface area contributed by atoms with Crippen molar-refractivity contribution in [3.8, 4) is 11.1 Å². The maximum Gasteiger partial charge on any atom is 0.306 e. The zero-order chi connectivity index (χ0) is 23.2. The molecule has 7 nitrogen and oxygen atoms in total. The fraction of sp³-hybridized carbons (Fsp3) is 0.423. The molecule has 0 aliphatic carbocycles. The Balaban J connectivity index is 0.00000324. The van der Waals surface area contributed by atoms with Gasteiger partial charge in [0.25, 0.3) is 5.91 Å². The van der Waals surface area contributed by atoms with Gasteiger partial charge in [0.1, 0.15) is 11.9 Å². The Morgan fingerprint density at radius 2 is 1.44 bits per heavy atom. The molecule has 4 N–H and O–H groups in total. The molecule has 0 radical (unpaired) electrons. The van der Waals surface area contributed by atoms with Crippen molar-refractivity contribution in [2.45, 2.75) is 38.2 Å². The Bertz CT molecular complexity index is 980. The molecule has 8 heteroatoms. The van der Waals surface area contributed by atoms with Crippen LogP contribution in [0.25, 0.3) is 11.1 Å². The summed E-state index contributed by atoms with van der Waals surface area (Å²) in [7, 11) is 0. The number of nitrogens with zero attached hydrogens (tertiary/aromatic N) is 1. The molecule has 2 heterocycles. The first-order valence-corrected chi connectivity index (χ1v) is 11.7. The Labute approximate surface area is 207 Å². The van der Waals surface area contributed by atoms with Crippen molar-refractivity contribution in [3.63, 3.8) is 0 Å². The van der Waals surface area contributed by atoms with Crippen molar-refractivity contribution in [1.82, 2.24) is 10.2 Å². The molecule has 0 atom stereocenters. The number of ether oxygens (including phenoxy) is 1. The first kappa shape index (κ1) is 25.7. The van der Waals surface area contributed by atoms with Gasteiger partial charge in [-0.2, -0.15) is 0 Å². The van der Waals surface area contributed by atoms with Gasteiger partial charge in [0.05, 0.1) is 0 Å². The van der Waals surface area contributed by atoms with E-state index in [1.807, 2.05) is 53.4 Å². The van der Waals surface area contributed by atoms with Gasteiger partial charge in [0.15, 0.2) is 0 Å². The van der Waals surface area contributed by atoms with E-state index < -0.39 is 0 Å². The average molecular weight is 485 g/mol. The number of rotatable bonds is 6. The Morgan fingerprint density at radius 1 is 0.912 bits per heavy atom. The molecule has 2 aromatic rings. The monoisotopic (exact) mass is 484 g/mol. The molecule has 34 heavy (non-hydrogen) atoms. The van der Waals surface area contributed by atoms with Crippen LogP contribution in [0.15, 0.2) is 48.5 Å². The predicted molar refractivity (Wildman–Crippen MR) is 135 cm³/mol. The summed E-state index contributed by atoms with van der Waals surface area (Å²) in [6.45, 7) is 3.15. The lowest BCUT2D eigenvalue weighted by Gasteiger charge is -2.32. The molecule has 2 aliphatic rings. The third-order valence-electron chi connectivity index (χ3n) is 6.60. The number of hydrogen-bond acceptors (Lipinski definition) is 5. The van der Waals surface area contributed by atoms with E-state index in [1.165, 1.54) is 0 Å². The lowest BCUT2D eigenvalue weighted by Crippen LogP contribution is -2.39. The van der Waals surface area contributed by atoms with Gasteiger partial charge < -0.3 is 20.7 Å². The molecule has 2 fully saturated rings. The number of esters is 1. The highest BCUT2D eigenvalue weighted by Gasteiger charge is 2.26. The van der Waals surface area contributed by atoms with Gasteiger partial charge in [-0.15, -0.1) is 12.4 Å². The lowest BCUT2D eigenvalue weighted by molar-refractivity contribution is -0.151. The molecule has 4 rings (SSSR count). The molecule has 0 unspecified atom stereocenters. The second-order valence-electron chi connectivity index (χ2n) is 8.95. The van der Waals surface area contributed by atoms with Gasteiger partial charge in [0.2, 0.25) is 0 Å². The topological polar surface area (TPSA) is 109 Å². The third kappa shape index (κ3) is 6.58. The number of hydrogen-bond donors (Lipinski definition) is 3. The Hall–Kier alpha value is -2.90. The van der Waals surface area contributed by atoms with Crippen molar-refractivity contribution >= 4 is 30.1 Å². The minimum Gasteiger partial charge on any atom is -0.462 e. The second-order valence-corrected chi connectivity index (χ2v) is 8.95. The predicted octanol–water partition coefficient (Wildman–Crippen LogP) is 3.60. The quantitative estimate of drug-likeness (QED) is 0.330. The van der Waals surface area contributed by atoms with E-state index >= 15 is 0 Å².